The fraction of sp³-hybridized carbons (Fsp3) is 0.588. The molecule has 1 atom stereocenters. The van der Waals surface area contributed by atoms with Crippen LogP contribution in [-0.2, 0) is 4.74 Å². The van der Waals surface area contributed by atoms with E-state index < -0.39 is 11.7 Å². The van der Waals surface area contributed by atoms with Crippen molar-refractivity contribution < 1.29 is 14.6 Å². The summed E-state index contributed by atoms with van der Waals surface area (Å²) in [5.74, 6) is 0.0271. The van der Waals surface area contributed by atoms with Crippen LogP contribution in [0.2, 0.25) is 0 Å². The molecular formula is C17H27NO3. The van der Waals surface area contributed by atoms with Gasteiger partial charge in [0.2, 0.25) is 0 Å². The van der Waals surface area contributed by atoms with Crippen LogP contribution in [0.15, 0.2) is 18.2 Å². The molecule has 4 nitrogen and oxygen atoms in total. The normalized spacial score (nSPS) is 12.9. The molecular weight excluding hydrogens is 266 g/mol. The van der Waals surface area contributed by atoms with Crippen LogP contribution >= 0.6 is 0 Å². The van der Waals surface area contributed by atoms with Crippen LogP contribution < -0.4 is 5.32 Å². The minimum Gasteiger partial charge on any atom is -0.444 e. The number of carbonyl (C=O) groups is 1. The Morgan fingerprint density at radius 3 is 2.48 bits per heavy atom. The average Bonchev–Trinajstić information content (AvgIpc) is 2.36. The molecule has 0 fully saturated rings. The van der Waals surface area contributed by atoms with Crippen LogP contribution in [0.1, 0.15) is 49.8 Å². The predicted octanol–water partition coefficient (Wildman–Crippen LogP) is 3.29. The molecule has 0 aliphatic heterocycles. The second kappa shape index (κ2) is 7.46. The molecule has 0 aliphatic carbocycles. The van der Waals surface area contributed by atoms with Crippen molar-refractivity contribution in [3.63, 3.8) is 0 Å². The first-order valence-electron chi connectivity index (χ1n) is 7.38. The van der Waals surface area contributed by atoms with E-state index in [2.05, 4.69) is 31.3 Å². The lowest BCUT2D eigenvalue weighted by Gasteiger charge is -2.21. The first-order valence-corrected chi connectivity index (χ1v) is 7.38. The molecule has 0 saturated heterocycles. The van der Waals surface area contributed by atoms with Gasteiger partial charge in [0.25, 0.3) is 0 Å². The molecule has 118 valence electrons. The molecule has 0 spiro atoms. The van der Waals surface area contributed by atoms with Crippen molar-refractivity contribution in [2.45, 2.75) is 52.6 Å². The van der Waals surface area contributed by atoms with Gasteiger partial charge in [0.1, 0.15) is 5.60 Å². The Morgan fingerprint density at radius 2 is 1.95 bits per heavy atom. The van der Waals surface area contributed by atoms with Crippen molar-refractivity contribution in [3.05, 3.63) is 34.9 Å². The van der Waals surface area contributed by atoms with E-state index in [1.807, 2.05) is 26.8 Å². The number of hydrogen-bond acceptors (Lipinski definition) is 3. The first-order chi connectivity index (χ1) is 9.73. The second-order valence-corrected chi connectivity index (χ2v) is 6.44. The van der Waals surface area contributed by atoms with Crippen molar-refractivity contribution in [1.82, 2.24) is 5.32 Å². The third kappa shape index (κ3) is 6.17. The Balaban J connectivity index is 2.51. The molecule has 1 amide bonds. The highest BCUT2D eigenvalue weighted by atomic mass is 16.6. The van der Waals surface area contributed by atoms with E-state index in [0.29, 0.717) is 13.0 Å². The summed E-state index contributed by atoms with van der Waals surface area (Å²) in [7, 11) is 0. The number of aliphatic hydroxyl groups excluding tert-OH is 1. The lowest BCUT2D eigenvalue weighted by molar-refractivity contribution is 0.0525. The number of aryl methyl sites for hydroxylation is 2. The number of amides is 1. The largest absolute Gasteiger partial charge is 0.444 e. The SMILES string of the molecule is Cc1ccc(C(CO)CCNC(=O)OC(C)(C)C)cc1C. The lowest BCUT2D eigenvalue weighted by Crippen LogP contribution is -2.33. The Kier molecular flexibility index (Phi) is 6.21. The summed E-state index contributed by atoms with van der Waals surface area (Å²) in [6.45, 7) is 10.2. The highest BCUT2D eigenvalue weighted by Crippen LogP contribution is 2.21. The smallest absolute Gasteiger partial charge is 0.407 e. The van der Waals surface area contributed by atoms with E-state index in [0.717, 1.165) is 5.56 Å². The number of carbonyl (C=O) groups excluding carboxylic acids is 1. The molecule has 0 saturated carbocycles. The van der Waals surface area contributed by atoms with Crippen LogP contribution in [0.4, 0.5) is 4.79 Å². The van der Waals surface area contributed by atoms with Gasteiger partial charge >= 0.3 is 6.09 Å². The van der Waals surface area contributed by atoms with Crippen molar-refractivity contribution in [3.8, 4) is 0 Å². The van der Waals surface area contributed by atoms with Crippen LogP contribution in [0, 0.1) is 13.8 Å². The van der Waals surface area contributed by atoms with E-state index in [1.165, 1.54) is 11.1 Å². The van der Waals surface area contributed by atoms with Gasteiger partial charge in [0.15, 0.2) is 0 Å². The van der Waals surface area contributed by atoms with Gasteiger partial charge in [-0.15, -0.1) is 0 Å². The molecule has 1 unspecified atom stereocenters. The van der Waals surface area contributed by atoms with E-state index in [9.17, 15) is 9.90 Å². The number of nitrogens with one attached hydrogen (secondary N) is 1. The van der Waals surface area contributed by atoms with Crippen LogP contribution in [0.25, 0.3) is 0 Å². The van der Waals surface area contributed by atoms with Crippen LogP contribution in [0.5, 0.6) is 0 Å². The number of alkyl carbamates (subject to hydrolysis) is 1. The number of hydrogen-bond donors (Lipinski definition) is 2. The van der Waals surface area contributed by atoms with Gasteiger partial charge in [-0.25, -0.2) is 4.79 Å². The Morgan fingerprint density at radius 1 is 1.29 bits per heavy atom. The van der Waals surface area contributed by atoms with Gasteiger partial charge in [-0.3, -0.25) is 0 Å². The summed E-state index contributed by atoms with van der Waals surface area (Å²) in [5.41, 5.74) is 3.06. The van der Waals surface area contributed by atoms with Crippen molar-refractivity contribution in [2.24, 2.45) is 0 Å². The predicted molar refractivity (Wildman–Crippen MR) is 84.6 cm³/mol. The Labute approximate surface area is 127 Å². The van der Waals surface area contributed by atoms with Crippen molar-refractivity contribution >= 4 is 6.09 Å². The molecule has 0 heterocycles. The van der Waals surface area contributed by atoms with Crippen molar-refractivity contribution in [1.29, 1.82) is 0 Å². The van der Waals surface area contributed by atoms with Crippen LogP contribution in [0.3, 0.4) is 0 Å². The molecule has 21 heavy (non-hydrogen) atoms. The minimum atomic E-state index is -0.492. The summed E-state index contributed by atoms with van der Waals surface area (Å²) in [6, 6.07) is 6.20. The first kappa shape index (κ1) is 17.5. The molecule has 2 N–H and O–H groups in total. The summed E-state index contributed by atoms with van der Waals surface area (Å²) in [5, 5.41) is 12.3. The summed E-state index contributed by atoms with van der Waals surface area (Å²) in [4.78, 5) is 11.6. The summed E-state index contributed by atoms with van der Waals surface area (Å²) >= 11 is 0. The van der Waals surface area contributed by atoms with Gasteiger partial charge in [0, 0.05) is 19.1 Å². The van der Waals surface area contributed by atoms with E-state index in [4.69, 9.17) is 4.74 Å². The highest BCUT2D eigenvalue weighted by molar-refractivity contribution is 5.67. The third-order valence-electron chi connectivity index (χ3n) is 3.38. The maximum absolute atomic E-state index is 11.6. The fourth-order valence-electron chi connectivity index (χ4n) is 2.04. The molecule has 0 aliphatic rings. The van der Waals surface area contributed by atoms with Gasteiger partial charge in [-0.2, -0.15) is 0 Å². The van der Waals surface area contributed by atoms with E-state index in [-0.39, 0.29) is 12.5 Å². The fourth-order valence-corrected chi connectivity index (χ4v) is 2.04. The average molecular weight is 293 g/mol. The van der Waals surface area contributed by atoms with E-state index in [1.54, 1.807) is 0 Å². The molecule has 0 bridgehead atoms. The molecule has 1 aromatic rings. The van der Waals surface area contributed by atoms with E-state index >= 15 is 0 Å². The number of rotatable bonds is 5. The molecule has 1 rings (SSSR count). The van der Waals surface area contributed by atoms with Crippen molar-refractivity contribution in [2.75, 3.05) is 13.2 Å². The molecule has 4 heteroatoms. The zero-order valence-electron chi connectivity index (χ0n) is 13.7. The van der Waals surface area contributed by atoms with Gasteiger partial charge in [-0.1, -0.05) is 18.2 Å². The lowest BCUT2D eigenvalue weighted by atomic mass is 9.93. The number of ether oxygens (including phenoxy) is 1. The zero-order chi connectivity index (χ0) is 16.0. The maximum Gasteiger partial charge on any atom is 0.407 e. The monoisotopic (exact) mass is 293 g/mol. The molecule has 0 aromatic heterocycles. The number of benzene rings is 1. The summed E-state index contributed by atoms with van der Waals surface area (Å²) in [6.07, 6.45) is 0.261. The quantitative estimate of drug-likeness (QED) is 0.875. The minimum absolute atomic E-state index is 0.0271. The maximum atomic E-state index is 11.6. The topological polar surface area (TPSA) is 58.6 Å². The summed E-state index contributed by atoms with van der Waals surface area (Å²) < 4.78 is 5.18. The Bertz CT molecular complexity index is 477. The zero-order valence-corrected chi connectivity index (χ0v) is 13.7. The Hall–Kier alpha value is -1.55. The van der Waals surface area contributed by atoms with Crippen LogP contribution in [-0.4, -0.2) is 30.0 Å². The number of aliphatic hydroxyl groups is 1. The second-order valence-electron chi connectivity index (χ2n) is 6.44. The van der Waals surface area contributed by atoms with Gasteiger partial charge in [0.05, 0.1) is 0 Å². The third-order valence-corrected chi connectivity index (χ3v) is 3.38. The van der Waals surface area contributed by atoms with Gasteiger partial charge in [-0.05, 0) is 57.7 Å². The molecule has 0 radical (unpaired) electrons. The molecule has 1 aromatic carbocycles. The standard InChI is InChI=1S/C17H27NO3/c1-12-6-7-14(10-13(12)2)15(11-19)8-9-18-16(20)21-17(3,4)5/h6-7,10,15,19H,8-9,11H2,1-5H3,(H,18,20). The highest BCUT2D eigenvalue weighted by Gasteiger charge is 2.17. The van der Waals surface area contributed by atoms with Gasteiger partial charge < -0.3 is 15.2 Å².